The van der Waals surface area contributed by atoms with Crippen molar-refractivity contribution in [2.45, 2.75) is 65.3 Å². The van der Waals surface area contributed by atoms with Crippen LogP contribution in [0.2, 0.25) is 0 Å². The van der Waals surface area contributed by atoms with Gasteiger partial charge in [0.1, 0.15) is 0 Å². The van der Waals surface area contributed by atoms with Gasteiger partial charge in [0.2, 0.25) is 6.29 Å². The highest BCUT2D eigenvalue weighted by molar-refractivity contribution is 5.66. The Hall–Kier alpha value is -1.61. The molecule has 0 saturated carbocycles. The molecule has 0 aliphatic rings. The highest BCUT2D eigenvalue weighted by Crippen LogP contribution is 2.16. The summed E-state index contributed by atoms with van der Waals surface area (Å²) in [7, 11) is 0. The van der Waals surface area contributed by atoms with Crippen LogP contribution in [0.1, 0.15) is 52.0 Å². The summed E-state index contributed by atoms with van der Waals surface area (Å²) in [6, 6.07) is 10.4. The Kier molecular flexibility index (Phi) is 9.24. The summed E-state index contributed by atoms with van der Waals surface area (Å²) in [5, 5.41) is 0. The molecular weight excluding hydrogens is 276 g/mol. The molecule has 3 nitrogen and oxygen atoms in total. The fourth-order valence-electron chi connectivity index (χ4n) is 2.29. The third kappa shape index (κ3) is 7.99. The lowest BCUT2D eigenvalue weighted by Gasteiger charge is -2.23. The minimum Gasteiger partial charge on any atom is -0.436 e. The van der Waals surface area contributed by atoms with Crippen molar-refractivity contribution in [1.82, 2.24) is 0 Å². The summed E-state index contributed by atoms with van der Waals surface area (Å²) >= 11 is 0. The van der Waals surface area contributed by atoms with E-state index < -0.39 is 6.29 Å². The first-order chi connectivity index (χ1) is 10.7. The van der Waals surface area contributed by atoms with E-state index in [4.69, 9.17) is 9.47 Å². The largest absolute Gasteiger partial charge is 0.436 e. The van der Waals surface area contributed by atoms with Crippen LogP contribution in [0.25, 0.3) is 0 Å². The van der Waals surface area contributed by atoms with Crippen molar-refractivity contribution in [2.75, 3.05) is 0 Å². The second kappa shape index (κ2) is 11.0. The van der Waals surface area contributed by atoms with Gasteiger partial charge in [-0.3, -0.25) is 4.79 Å². The van der Waals surface area contributed by atoms with E-state index in [1.807, 2.05) is 19.1 Å². The smallest absolute Gasteiger partial charge is 0.304 e. The molecule has 2 atom stereocenters. The van der Waals surface area contributed by atoms with Gasteiger partial charge in [-0.1, -0.05) is 55.8 Å². The van der Waals surface area contributed by atoms with Crippen LogP contribution in [0.5, 0.6) is 0 Å². The first-order valence-corrected chi connectivity index (χ1v) is 8.13. The van der Waals surface area contributed by atoms with Gasteiger partial charge in [-0.2, -0.15) is 0 Å². The lowest BCUT2D eigenvalue weighted by Crippen LogP contribution is -2.26. The molecule has 1 unspecified atom stereocenters. The molecule has 0 aromatic heterocycles. The van der Waals surface area contributed by atoms with E-state index in [0.29, 0.717) is 0 Å². The lowest BCUT2D eigenvalue weighted by atomic mass is 10.0. The van der Waals surface area contributed by atoms with Gasteiger partial charge in [-0.25, -0.2) is 0 Å². The topological polar surface area (TPSA) is 35.5 Å². The molecular formula is C19H28O3. The van der Waals surface area contributed by atoms with Crippen LogP contribution in [-0.2, 0) is 20.7 Å². The summed E-state index contributed by atoms with van der Waals surface area (Å²) in [6.07, 6.45) is 8.12. The monoisotopic (exact) mass is 304 g/mol. The molecule has 0 aliphatic heterocycles. The van der Waals surface area contributed by atoms with Crippen molar-refractivity contribution in [3.63, 3.8) is 0 Å². The van der Waals surface area contributed by atoms with Gasteiger partial charge >= 0.3 is 5.97 Å². The fraction of sp³-hybridized carbons (Fsp3) is 0.526. The van der Waals surface area contributed by atoms with E-state index in [1.54, 1.807) is 0 Å². The molecule has 0 fully saturated rings. The molecule has 0 bridgehead atoms. The average molecular weight is 304 g/mol. The third-order valence-electron chi connectivity index (χ3n) is 3.40. The molecule has 0 N–H and O–H groups in total. The zero-order valence-electron chi connectivity index (χ0n) is 14.0. The third-order valence-corrected chi connectivity index (χ3v) is 3.40. The van der Waals surface area contributed by atoms with Gasteiger partial charge in [-0.15, -0.1) is 0 Å². The van der Waals surface area contributed by atoms with E-state index in [-0.39, 0.29) is 12.1 Å². The molecule has 0 heterocycles. The van der Waals surface area contributed by atoms with Crippen LogP contribution in [0.15, 0.2) is 42.5 Å². The molecule has 0 radical (unpaired) electrons. The quantitative estimate of drug-likeness (QED) is 0.358. The van der Waals surface area contributed by atoms with E-state index in [9.17, 15) is 4.79 Å². The van der Waals surface area contributed by atoms with Gasteiger partial charge < -0.3 is 9.47 Å². The van der Waals surface area contributed by atoms with Crippen molar-refractivity contribution in [3.8, 4) is 0 Å². The number of ether oxygens (including phenoxy) is 2. The first-order valence-electron chi connectivity index (χ1n) is 8.13. The van der Waals surface area contributed by atoms with Gasteiger partial charge in [0.05, 0.1) is 6.10 Å². The SMILES string of the molecule is C/C=C/C[C@@H](CCc1ccccc1)OC(CCC)OC(C)=O. The molecule has 1 aromatic carbocycles. The zero-order chi connectivity index (χ0) is 16.2. The second-order valence-corrected chi connectivity index (χ2v) is 5.41. The van der Waals surface area contributed by atoms with Crippen molar-refractivity contribution >= 4 is 5.97 Å². The molecule has 1 rings (SSSR count). The van der Waals surface area contributed by atoms with E-state index >= 15 is 0 Å². The van der Waals surface area contributed by atoms with E-state index in [2.05, 4.69) is 37.3 Å². The Morgan fingerprint density at radius 2 is 1.95 bits per heavy atom. The zero-order valence-corrected chi connectivity index (χ0v) is 14.0. The summed E-state index contributed by atoms with van der Waals surface area (Å²) in [5.41, 5.74) is 1.30. The van der Waals surface area contributed by atoms with Crippen molar-refractivity contribution in [3.05, 3.63) is 48.0 Å². The van der Waals surface area contributed by atoms with Crippen LogP contribution in [0.4, 0.5) is 0 Å². The number of hydrogen-bond donors (Lipinski definition) is 0. The number of hydrogen-bond acceptors (Lipinski definition) is 3. The number of benzene rings is 1. The van der Waals surface area contributed by atoms with Crippen LogP contribution >= 0.6 is 0 Å². The number of aryl methyl sites for hydroxylation is 1. The average Bonchev–Trinajstić information content (AvgIpc) is 2.50. The lowest BCUT2D eigenvalue weighted by molar-refractivity contribution is -0.189. The maximum Gasteiger partial charge on any atom is 0.304 e. The second-order valence-electron chi connectivity index (χ2n) is 5.41. The van der Waals surface area contributed by atoms with Crippen molar-refractivity contribution in [2.24, 2.45) is 0 Å². The van der Waals surface area contributed by atoms with Gasteiger partial charge in [-0.05, 0) is 31.7 Å². The van der Waals surface area contributed by atoms with E-state index in [1.165, 1.54) is 12.5 Å². The highest BCUT2D eigenvalue weighted by atomic mass is 16.7. The molecule has 1 aromatic rings. The highest BCUT2D eigenvalue weighted by Gasteiger charge is 2.17. The van der Waals surface area contributed by atoms with Crippen LogP contribution < -0.4 is 0 Å². The minimum absolute atomic E-state index is 0.0623. The summed E-state index contributed by atoms with van der Waals surface area (Å²) in [6.45, 7) is 5.49. The maximum absolute atomic E-state index is 11.2. The predicted molar refractivity (Wildman–Crippen MR) is 89.5 cm³/mol. The number of allylic oxidation sites excluding steroid dienone is 1. The van der Waals surface area contributed by atoms with Crippen LogP contribution in [-0.4, -0.2) is 18.4 Å². The molecule has 122 valence electrons. The number of rotatable bonds is 10. The Balaban J connectivity index is 2.59. The molecule has 0 saturated heterocycles. The van der Waals surface area contributed by atoms with E-state index in [0.717, 1.165) is 32.1 Å². The molecule has 0 amide bonds. The van der Waals surface area contributed by atoms with Gasteiger partial charge in [0.15, 0.2) is 0 Å². The Morgan fingerprint density at radius 3 is 2.55 bits per heavy atom. The van der Waals surface area contributed by atoms with Crippen molar-refractivity contribution < 1.29 is 14.3 Å². The van der Waals surface area contributed by atoms with Crippen molar-refractivity contribution in [1.29, 1.82) is 0 Å². The number of esters is 1. The summed E-state index contributed by atoms with van der Waals surface area (Å²) in [4.78, 5) is 11.2. The molecule has 0 spiro atoms. The Morgan fingerprint density at radius 1 is 1.23 bits per heavy atom. The molecule has 3 heteroatoms. The molecule has 0 aliphatic carbocycles. The standard InChI is InChI=1S/C19H28O3/c1-4-6-13-18(15-14-17-11-8-7-9-12-17)22-19(10-5-2)21-16(3)20/h4,6-9,11-12,18-19H,5,10,13-15H2,1-3H3/b6-4+/t18-,19?/m0/s1. The Bertz CT molecular complexity index is 439. The number of carbonyl (C=O) groups excluding carboxylic acids is 1. The minimum atomic E-state index is -0.437. The maximum atomic E-state index is 11.2. The number of carbonyl (C=O) groups is 1. The van der Waals surface area contributed by atoms with Gasteiger partial charge in [0, 0.05) is 13.3 Å². The predicted octanol–water partition coefficient (Wildman–Crippen LogP) is 4.66. The van der Waals surface area contributed by atoms with Crippen LogP contribution in [0.3, 0.4) is 0 Å². The fourth-order valence-corrected chi connectivity index (χ4v) is 2.29. The summed E-state index contributed by atoms with van der Waals surface area (Å²) in [5.74, 6) is -0.286. The first kappa shape index (κ1) is 18.4. The Labute approximate surface area is 134 Å². The normalized spacial score (nSPS) is 14.0. The van der Waals surface area contributed by atoms with Gasteiger partial charge in [0.25, 0.3) is 0 Å². The van der Waals surface area contributed by atoms with Crippen LogP contribution in [0, 0.1) is 0 Å². The summed E-state index contributed by atoms with van der Waals surface area (Å²) < 4.78 is 11.3. The molecule has 22 heavy (non-hydrogen) atoms.